The molecule has 1 N–H and O–H groups in total. The van der Waals surface area contributed by atoms with Crippen LogP contribution >= 0.6 is 0 Å². The zero-order valence-corrected chi connectivity index (χ0v) is 12.0. The quantitative estimate of drug-likeness (QED) is 0.864. The van der Waals surface area contributed by atoms with Crippen LogP contribution in [-0.2, 0) is 6.18 Å². The molecule has 0 unspecified atom stereocenters. The maximum Gasteiger partial charge on any atom is 0.433 e. The van der Waals surface area contributed by atoms with Gasteiger partial charge in [0, 0.05) is 12.1 Å². The van der Waals surface area contributed by atoms with E-state index < -0.39 is 23.4 Å². The Hall–Kier alpha value is -2.05. The van der Waals surface area contributed by atoms with Crippen LogP contribution in [0.4, 0.5) is 19.0 Å². The first-order valence-corrected chi connectivity index (χ1v) is 6.18. The fraction of sp³-hybridized carbons (Fsp3) is 0.429. The van der Waals surface area contributed by atoms with Gasteiger partial charge in [0.05, 0.1) is 0 Å². The van der Waals surface area contributed by atoms with Crippen LogP contribution in [0.25, 0.3) is 0 Å². The SMILES string of the molecule is C=CCN(c1nc(C(F)(F)F)ccc1C(=O)O)C(C)(C)C. The molecular weight excluding hydrogens is 285 g/mol. The molecule has 1 aromatic heterocycles. The Morgan fingerprint density at radius 3 is 2.33 bits per heavy atom. The summed E-state index contributed by atoms with van der Waals surface area (Å²) in [6.07, 6.45) is -3.15. The number of carboxylic acids is 1. The molecule has 0 aliphatic rings. The third-order valence-electron chi connectivity index (χ3n) is 2.77. The first-order valence-electron chi connectivity index (χ1n) is 6.18. The molecule has 0 saturated carbocycles. The van der Waals surface area contributed by atoms with Gasteiger partial charge >= 0.3 is 12.1 Å². The molecule has 0 aliphatic carbocycles. The Kier molecular flexibility index (Phi) is 4.65. The van der Waals surface area contributed by atoms with E-state index in [9.17, 15) is 18.0 Å². The van der Waals surface area contributed by atoms with E-state index in [1.807, 2.05) is 0 Å². The number of alkyl halides is 3. The van der Waals surface area contributed by atoms with Crippen molar-refractivity contribution < 1.29 is 23.1 Å². The highest BCUT2D eigenvalue weighted by molar-refractivity contribution is 5.93. The zero-order chi connectivity index (χ0) is 16.4. The van der Waals surface area contributed by atoms with Gasteiger partial charge in [0.15, 0.2) is 0 Å². The molecule has 7 heteroatoms. The molecule has 1 aromatic rings. The number of aromatic carboxylic acids is 1. The molecule has 0 spiro atoms. The minimum absolute atomic E-state index is 0.179. The van der Waals surface area contributed by atoms with Gasteiger partial charge in [0.2, 0.25) is 0 Å². The molecule has 21 heavy (non-hydrogen) atoms. The van der Waals surface area contributed by atoms with Gasteiger partial charge in [-0.3, -0.25) is 0 Å². The van der Waals surface area contributed by atoms with Crippen molar-refractivity contribution in [2.45, 2.75) is 32.5 Å². The summed E-state index contributed by atoms with van der Waals surface area (Å²) in [6.45, 7) is 8.99. The van der Waals surface area contributed by atoms with Crippen molar-refractivity contribution in [1.29, 1.82) is 0 Å². The lowest BCUT2D eigenvalue weighted by molar-refractivity contribution is -0.141. The number of hydrogen-bond acceptors (Lipinski definition) is 3. The predicted molar refractivity (Wildman–Crippen MR) is 73.5 cm³/mol. The Bertz CT molecular complexity index is 548. The van der Waals surface area contributed by atoms with E-state index in [0.717, 1.165) is 6.07 Å². The van der Waals surface area contributed by atoms with E-state index in [4.69, 9.17) is 5.11 Å². The molecule has 0 amide bonds. The fourth-order valence-electron chi connectivity index (χ4n) is 1.79. The number of rotatable bonds is 4. The summed E-state index contributed by atoms with van der Waals surface area (Å²) in [5.41, 5.74) is -2.02. The molecule has 0 atom stereocenters. The lowest BCUT2D eigenvalue weighted by atomic mass is 10.0. The highest BCUT2D eigenvalue weighted by Gasteiger charge is 2.35. The Balaban J connectivity index is 3.54. The minimum Gasteiger partial charge on any atom is -0.478 e. The maximum absolute atomic E-state index is 12.8. The van der Waals surface area contributed by atoms with Gasteiger partial charge in [-0.15, -0.1) is 6.58 Å². The molecule has 1 rings (SSSR count). The number of pyridine rings is 1. The van der Waals surface area contributed by atoms with E-state index in [1.165, 1.54) is 11.0 Å². The number of halogens is 3. The second kappa shape index (κ2) is 5.75. The third kappa shape index (κ3) is 3.96. The summed E-state index contributed by atoms with van der Waals surface area (Å²) in [4.78, 5) is 16.2. The van der Waals surface area contributed by atoms with Crippen molar-refractivity contribution in [2.75, 3.05) is 11.4 Å². The Morgan fingerprint density at radius 2 is 1.95 bits per heavy atom. The lowest BCUT2D eigenvalue weighted by Gasteiger charge is -2.37. The van der Waals surface area contributed by atoms with Gasteiger partial charge in [-0.05, 0) is 32.9 Å². The van der Waals surface area contributed by atoms with Crippen LogP contribution in [0.3, 0.4) is 0 Å². The van der Waals surface area contributed by atoms with Gasteiger partial charge in [0.1, 0.15) is 17.1 Å². The van der Waals surface area contributed by atoms with Crippen LogP contribution in [0.15, 0.2) is 24.8 Å². The third-order valence-corrected chi connectivity index (χ3v) is 2.77. The zero-order valence-electron chi connectivity index (χ0n) is 12.0. The Labute approximate surface area is 120 Å². The van der Waals surface area contributed by atoms with Crippen molar-refractivity contribution in [1.82, 2.24) is 4.98 Å². The smallest absolute Gasteiger partial charge is 0.433 e. The number of aromatic nitrogens is 1. The Morgan fingerprint density at radius 1 is 1.38 bits per heavy atom. The first-order chi connectivity index (χ1) is 9.48. The van der Waals surface area contributed by atoms with Gasteiger partial charge in [-0.1, -0.05) is 6.08 Å². The average Bonchev–Trinajstić information content (AvgIpc) is 2.32. The second-order valence-electron chi connectivity index (χ2n) is 5.44. The van der Waals surface area contributed by atoms with Gasteiger partial charge in [-0.2, -0.15) is 13.2 Å². The number of hydrogen-bond donors (Lipinski definition) is 1. The van der Waals surface area contributed by atoms with Gasteiger partial charge < -0.3 is 10.0 Å². The van der Waals surface area contributed by atoms with Crippen molar-refractivity contribution in [3.8, 4) is 0 Å². The number of nitrogens with zero attached hydrogens (tertiary/aromatic N) is 2. The van der Waals surface area contributed by atoms with Crippen LogP contribution in [0.1, 0.15) is 36.8 Å². The highest BCUT2D eigenvalue weighted by atomic mass is 19.4. The van der Waals surface area contributed by atoms with Crippen molar-refractivity contribution >= 4 is 11.8 Å². The summed E-state index contributed by atoms with van der Waals surface area (Å²) in [5, 5.41) is 9.17. The standard InChI is InChI=1S/C14H17F3N2O2/c1-5-8-19(13(2,3)4)11-9(12(20)21)6-7-10(18-11)14(15,16)17/h5-7H,1,8H2,2-4H3,(H,20,21). The summed E-state index contributed by atoms with van der Waals surface area (Å²) >= 11 is 0. The van der Waals surface area contributed by atoms with Gasteiger partial charge in [-0.25, -0.2) is 9.78 Å². The fourth-order valence-corrected chi connectivity index (χ4v) is 1.79. The van der Waals surface area contributed by atoms with Crippen LogP contribution in [-0.4, -0.2) is 28.1 Å². The minimum atomic E-state index is -4.64. The van der Waals surface area contributed by atoms with E-state index in [1.54, 1.807) is 20.8 Å². The van der Waals surface area contributed by atoms with E-state index in [-0.39, 0.29) is 17.9 Å². The van der Waals surface area contributed by atoms with Crippen molar-refractivity contribution in [3.63, 3.8) is 0 Å². The summed E-state index contributed by atoms with van der Waals surface area (Å²) < 4.78 is 38.4. The molecule has 0 aliphatic heterocycles. The molecule has 0 saturated heterocycles. The van der Waals surface area contributed by atoms with E-state index >= 15 is 0 Å². The summed E-state index contributed by atoms with van der Waals surface area (Å²) in [7, 11) is 0. The summed E-state index contributed by atoms with van der Waals surface area (Å²) in [6, 6.07) is 1.59. The number of anilines is 1. The molecular formula is C14H17F3N2O2. The van der Waals surface area contributed by atoms with Gasteiger partial charge in [0.25, 0.3) is 0 Å². The first kappa shape index (κ1) is 17.0. The van der Waals surface area contributed by atoms with Crippen molar-refractivity contribution in [2.24, 2.45) is 0 Å². The summed E-state index contributed by atoms with van der Waals surface area (Å²) in [5.74, 6) is -1.55. The van der Waals surface area contributed by atoms with Crippen LogP contribution in [0, 0.1) is 0 Å². The topological polar surface area (TPSA) is 53.4 Å². The average molecular weight is 302 g/mol. The molecule has 0 aromatic carbocycles. The predicted octanol–water partition coefficient (Wildman–Crippen LogP) is 3.59. The highest BCUT2D eigenvalue weighted by Crippen LogP contribution is 2.32. The molecule has 1 heterocycles. The molecule has 4 nitrogen and oxygen atoms in total. The molecule has 116 valence electrons. The van der Waals surface area contributed by atoms with E-state index in [2.05, 4.69) is 11.6 Å². The lowest BCUT2D eigenvalue weighted by Crippen LogP contribution is -2.43. The van der Waals surface area contributed by atoms with Crippen molar-refractivity contribution in [3.05, 3.63) is 36.0 Å². The van der Waals surface area contributed by atoms with Crippen LogP contribution in [0.5, 0.6) is 0 Å². The largest absolute Gasteiger partial charge is 0.478 e. The van der Waals surface area contributed by atoms with Crippen LogP contribution in [0.2, 0.25) is 0 Å². The molecule has 0 bridgehead atoms. The monoisotopic (exact) mass is 302 g/mol. The number of carbonyl (C=O) groups is 1. The molecule has 0 radical (unpaired) electrons. The molecule has 0 fully saturated rings. The van der Waals surface area contributed by atoms with Crippen LogP contribution < -0.4 is 4.90 Å². The normalized spacial score (nSPS) is 12.1. The van der Waals surface area contributed by atoms with E-state index in [0.29, 0.717) is 6.07 Å². The maximum atomic E-state index is 12.8. The second-order valence-corrected chi connectivity index (χ2v) is 5.44. The number of carboxylic acid groups (broad SMARTS) is 1.